The molecule has 0 N–H and O–H groups in total. The van der Waals surface area contributed by atoms with Gasteiger partial charge in [0.05, 0.1) is 29.6 Å². The van der Waals surface area contributed by atoms with E-state index in [2.05, 4.69) is 33.7 Å². The number of carbonyl (C=O) groups is 1. The first kappa shape index (κ1) is 16.5. The van der Waals surface area contributed by atoms with Crippen molar-refractivity contribution in [1.29, 1.82) is 0 Å². The van der Waals surface area contributed by atoms with Crippen LogP contribution in [0.15, 0.2) is 54.2 Å². The van der Waals surface area contributed by atoms with E-state index in [9.17, 15) is 4.79 Å². The second-order valence-corrected chi connectivity index (χ2v) is 6.76. The maximum atomic E-state index is 12.0. The van der Waals surface area contributed by atoms with E-state index in [1.165, 1.54) is 11.1 Å². The number of esters is 1. The zero-order chi connectivity index (χ0) is 18.1. The number of aryl methyl sites for hydroxylation is 1. The summed E-state index contributed by atoms with van der Waals surface area (Å²) in [5.74, 6) is -0.376. The molecule has 3 heterocycles. The molecule has 0 saturated carbocycles. The molecular formula is C20H17N3O2S. The van der Waals surface area contributed by atoms with Gasteiger partial charge in [-0.05, 0) is 36.4 Å². The van der Waals surface area contributed by atoms with Crippen LogP contribution in [0.3, 0.4) is 0 Å². The fourth-order valence-corrected chi connectivity index (χ4v) is 3.76. The Labute approximate surface area is 154 Å². The van der Waals surface area contributed by atoms with E-state index in [-0.39, 0.29) is 5.97 Å². The van der Waals surface area contributed by atoms with Gasteiger partial charge in [0, 0.05) is 11.1 Å². The fraction of sp³-hybridized carbons (Fsp3) is 0.150. The van der Waals surface area contributed by atoms with E-state index in [0.717, 1.165) is 16.1 Å². The van der Waals surface area contributed by atoms with Crippen molar-refractivity contribution < 1.29 is 9.53 Å². The van der Waals surface area contributed by atoms with Crippen molar-refractivity contribution in [2.24, 2.45) is 0 Å². The third-order valence-corrected chi connectivity index (χ3v) is 5.11. The van der Waals surface area contributed by atoms with Crippen molar-refractivity contribution in [1.82, 2.24) is 14.6 Å². The molecule has 0 aliphatic carbocycles. The molecule has 26 heavy (non-hydrogen) atoms. The van der Waals surface area contributed by atoms with Crippen molar-refractivity contribution in [3.8, 4) is 21.6 Å². The summed E-state index contributed by atoms with van der Waals surface area (Å²) in [6.07, 6.45) is 3.47. The summed E-state index contributed by atoms with van der Waals surface area (Å²) in [6, 6.07) is 12.4. The van der Waals surface area contributed by atoms with Gasteiger partial charge >= 0.3 is 5.97 Å². The number of aromatic nitrogens is 3. The second-order valence-electron chi connectivity index (χ2n) is 5.85. The van der Waals surface area contributed by atoms with Crippen LogP contribution in [0.5, 0.6) is 0 Å². The number of hydrogen-bond acceptors (Lipinski definition) is 5. The van der Waals surface area contributed by atoms with Crippen LogP contribution < -0.4 is 0 Å². The Balaban J connectivity index is 1.75. The molecule has 0 saturated heterocycles. The standard InChI is InChI=1S/C20H17N3O2S/c1-3-25-20(24)17-11-23-19(22-13(17)2)16(10-21-23)18-9-15(12-26-18)14-7-5-4-6-8-14/h4-12H,3H2,1-2H3. The molecule has 6 heteroatoms. The SMILES string of the molecule is CCOC(=O)c1cn2ncc(-c3cc(-c4ccccc4)cs3)c2nc1C. The Morgan fingerprint density at radius 2 is 2.04 bits per heavy atom. The van der Waals surface area contributed by atoms with Gasteiger partial charge in [-0.25, -0.2) is 14.3 Å². The van der Waals surface area contributed by atoms with Crippen LogP contribution in [0.1, 0.15) is 23.0 Å². The van der Waals surface area contributed by atoms with Gasteiger partial charge in [0.1, 0.15) is 0 Å². The molecule has 4 rings (SSSR count). The summed E-state index contributed by atoms with van der Waals surface area (Å²) in [6.45, 7) is 3.93. The number of carbonyl (C=O) groups excluding carboxylic acids is 1. The highest BCUT2D eigenvalue weighted by molar-refractivity contribution is 7.14. The van der Waals surface area contributed by atoms with Gasteiger partial charge in [-0.15, -0.1) is 11.3 Å². The quantitative estimate of drug-likeness (QED) is 0.497. The topological polar surface area (TPSA) is 56.5 Å². The van der Waals surface area contributed by atoms with Crippen molar-refractivity contribution in [3.63, 3.8) is 0 Å². The van der Waals surface area contributed by atoms with Crippen LogP contribution >= 0.6 is 11.3 Å². The van der Waals surface area contributed by atoms with E-state index in [1.54, 1.807) is 35.2 Å². The molecule has 0 fully saturated rings. The lowest BCUT2D eigenvalue weighted by Crippen LogP contribution is -2.10. The molecule has 130 valence electrons. The Morgan fingerprint density at radius 3 is 2.81 bits per heavy atom. The highest BCUT2D eigenvalue weighted by Crippen LogP contribution is 2.34. The minimum atomic E-state index is -0.376. The second kappa shape index (κ2) is 6.72. The van der Waals surface area contributed by atoms with Crippen molar-refractivity contribution in [2.45, 2.75) is 13.8 Å². The first-order chi connectivity index (χ1) is 12.7. The van der Waals surface area contributed by atoms with Crippen LogP contribution in [-0.2, 0) is 4.74 Å². The fourth-order valence-electron chi connectivity index (χ4n) is 2.84. The number of hydrogen-bond donors (Lipinski definition) is 0. The van der Waals surface area contributed by atoms with Crippen LogP contribution in [0, 0.1) is 6.92 Å². The number of nitrogens with zero attached hydrogens (tertiary/aromatic N) is 3. The Hall–Kier alpha value is -2.99. The van der Waals surface area contributed by atoms with E-state index < -0.39 is 0 Å². The Morgan fingerprint density at radius 1 is 1.23 bits per heavy atom. The molecule has 0 radical (unpaired) electrons. The summed E-state index contributed by atoms with van der Waals surface area (Å²) < 4.78 is 6.72. The molecule has 0 aliphatic heterocycles. The van der Waals surface area contributed by atoms with Gasteiger partial charge < -0.3 is 4.74 Å². The minimum absolute atomic E-state index is 0.331. The molecule has 0 spiro atoms. The average molecular weight is 363 g/mol. The molecule has 0 amide bonds. The molecule has 4 aromatic rings. The van der Waals surface area contributed by atoms with Gasteiger partial charge in [0.15, 0.2) is 5.65 Å². The zero-order valence-corrected chi connectivity index (χ0v) is 15.3. The highest BCUT2D eigenvalue weighted by atomic mass is 32.1. The van der Waals surface area contributed by atoms with E-state index in [1.807, 2.05) is 25.1 Å². The number of thiophene rings is 1. The number of fused-ring (bicyclic) bond motifs is 1. The van der Waals surface area contributed by atoms with Crippen molar-refractivity contribution in [2.75, 3.05) is 6.61 Å². The molecular weight excluding hydrogens is 346 g/mol. The van der Waals surface area contributed by atoms with E-state index >= 15 is 0 Å². The maximum absolute atomic E-state index is 12.0. The van der Waals surface area contributed by atoms with Crippen molar-refractivity contribution >= 4 is 23.0 Å². The first-order valence-corrected chi connectivity index (χ1v) is 9.21. The van der Waals surface area contributed by atoms with Gasteiger partial charge in [0.25, 0.3) is 0 Å². The van der Waals surface area contributed by atoms with Gasteiger partial charge in [-0.3, -0.25) is 0 Å². The van der Waals surface area contributed by atoms with Gasteiger partial charge in [0.2, 0.25) is 0 Å². The summed E-state index contributed by atoms with van der Waals surface area (Å²) in [5.41, 5.74) is 5.11. The third-order valence-electron chi connectivity index (χ3n) is 4.15. The van der Waals surface area contributed by atoms with E-state index in [4.69, 9.17) is 4.74 Å². The summed E-state index contributed by atoms with van der Waals surface area (Å²) in [4.78, 5) is 17.7. The molecule has 0 unspecified atom stereocenters. The monoisotopic (exact) mass is 363 g/mol. The lowest BCUT2D eigenvalue weighted by molar-refractivity contribution is 0.0524. The predicted octanol–water partition coefficient (Wildman–Crippen LogP) is 4.61. The zero-order valence-electron chi connectivity index (χ0n) is 14.5. The number of benzene rings is 1. The van der Waals surface area contributed by atoms with Crippen LogP contribution in [0.2, 0.25) is 0 Å². The van der Waals surface area contributed by atoms with E-state index in [0.29, 0.717) is 17.9 Å². The highest BCUT2D eigenvalue weighted by Gasteiger charge is 2.17. The lowest BCUT2D eigenvalue weighted by atomic mass is 10.1. The smallest absolute Gasteiger partial charge is 0.341 e. The molecule has 1 aromatic carbocycles. The number of rotatable bonds is 4. The molecule has 3 aromatic heterocycles. The molecule has 0 atom stereocenters. The van der Waals surface area contributed by atoms with Gasteiger partial charge in [-0.1, -0.05) is 30.3 Å². The molecule has 0 bridgehead atoms. The molecule has 0 aliphatic rings. The Bertz CT molecular complexity index is 1080. The summed E-state index contributed by atoms with van der Waals surface area (Å²) in [5, 5.41) is 6.51. The van der Waals surface area contributed by atoms with Crippen LogP contribution in [0.25, 0.3) is 27.2 Å². The maximum Gasteiger partial charge on any atom is 0.341 e. The minimum Gasteiger partial charge on any atom is -0.462 e. The first-order valence-electron chi connectivity index (χ1n) is 8.34. The summed E-state index contributed by atoms with van der Waals surface area (Å²) >= 11 is 1.66. The normalized spacial score (nSPS) is 11.0. The van der Waals surface area contributed by atoms with Crippen LogP contribution in [-0.4, -0.2) is 27.2 Å². The van der Waals surface area contributed by atoms with Crippen molar-refractivity contribution in [3.05, 3.63) is 65.4 Å². The number of ether oxygens (including phenoxy) is 1. The third kappa shape index (κ3) is 2.88. The predicted molar refractivity (Wildman–Crippen MR) is 102 cm³/mol. The van der Waals surface area contributed by atoms with Gasteiger partial charge in [-0.2, -0.15) is 5.10 Å². The average Bonchev–Trinajstić information content (AvgIpc) is 3.28. The largest absolute Gasteiger partial charge is 0.462 e. The summed E-state index contributed by atoms with van der Waals surface area (Å²) in [7, 11) is 0. The molecule has 5 nitrogen and oxygen atoms in total. The van der Waals surface area contributed by atoms with Crippen LogP contribution in [0.4, 0.5) is 0 Å². The Kier molecular flexibility index (Phi) is 4.26. The lowest BCUT2D eigenvalue weighted by Gasteiger charge is -2.05.